The van der Waals surface area contributed by atoms with E-state index in [1.54, 1.807) is 4.90 Å². The number of nitrogens with zero attached hydrogens (tertiary/aromatic N) is 1. The van der Waals surface area contributed by atoms with Gasteiger partial charge in [0.15, 0.2) is 0 Å². The molecule has 1 aromatic rings. The van der Waals surface area contributed by atoms with E-state index in [-0.39, 0.29) is 18.0 Å². The van der Waals surface area contributed by atoms with Crippen LogP contribution in [-0.4, -0.2) is 36.9 Å². The molecule has 1 atom stereocenters. The molecule has 1 aliphatic heterocycles. The fraction of sp³-hybridized carbons (Fsp3) is 0.429. The lowest BCUT2D eigenvalue weighted by atomic mass is 10.2. The van der Waals surface area contributed by atoms with Crippen molar-refractivity contribution in [2.24, 2.45) is 0 Å². The van der Waals surface area contributed by atoms with Crippen molar-refractivity contribution in [3.05, 3.63) is 29.8 Å². The van der Waals surface area contributed by atoms with Crippen molar-refractivity contribution in [2.75, 3.05) is 23.9 Å². The van der Waals surface area contributed by atoms with Crippen LogP contribution in [0.25, 0.3) is 0 Å². The summed E-state index contributed by atoms with van der Waals surface area (Å²) in [7, 11) is 0. The molecule has 1 aliphatic rings. The van der Waals surface area contributed by atoms with Crippen LogP contribution in [0.15, 0.2) is 24.3 Å². The van der Waals surface area contributed by atoms with Crippen LogP contribution in [-0.2, 0) is 4.79 Å². The Morgan fingerprint density at radius 3 is 2.75 bits per heavy atom. The van der Waals surface area contributed by atoms with E-state index < -0.39 is 0 Å². The summed E-state index contributed by atoms with van der Waals surface area (Å²) in [5.41, 5.74) is 2.02. The Hall–Kier alpha value is -1.75. The number of halogens is 1. The number of rotatable bonds is 4. The molecule has 1 heterocycles. The molecule has 1 aromatic carbocycles. The lowest BCUT2D eigenvalue weighted by Gasteiger charge is -2.17. The third-order valence-electron chi connectivity index (χ3n) is 3.19. The number of anilines is 1. The number of nitrogens with one attached hydrogen (secondary N) is 2. The molecule has 1 saturated heterocycles. The monoisotopic (exact) mass is 295 g/mol. The molecule has 20 heavy (non-hydrogen) atoms. The highest BCUT2D eigenvalue weighted by atomic mass is 35.5. The largest absolute Gasteiger partial charge is 0.337 e. The molecule has 5 nitrogen and oxygen atoms in total. The number of alkyl halides is 1. The first kappa shape index (κ1) is 14.7. The summed E-state index contributed by atoms with van der Waals surface area (Å²) in [5, 5.41) is 5.41. The number of hydrogen-bond donors (Lipinski definition) is 2. The molecule has 0 radical (unpaired) electrons. The minimum atomic E-state index is -0.283. The highest BCUT2D eigenvalue weighted by molar-refractivity contribution is 6.18. The van der Waals surface area contributed by atoms with Gasteiger partial charge in [0.25, 0.3) is 0 Å². The highest BCUT2D eigenvalue weighted by Gasteiger charge is 2.31. The molecule has 0 aromatic heterocycles. The van der Waals surface area contributed by atoms with E-state index in [0.717, 1.165) is 11.3 Å². The SMILES string of the molecule is Cc1ccc(N2CC(NC(=O)NCCCl)CC2=O)cc1. The van der Waals surface area contributed by atoms with E-state index in [1.807, 2.05) is 31.2 Å². The normalized spacial score (nSPS) is 18.2. The van der Waals surface area contributed by atoms with Gasteiger partial charge in [0, 0.05) is 31.1 Å². The molecular formula is C14H18ClN3O2. The second-order valence-corrected chi connectivity index (χ2v) is 5.21. The molecule has 0 aliphatic carbocycles. The van der Waals surface area contributed by atoms with Gasteiger partial charge in [-0.05, 0) is 19.1 Å². The van der Waals surface area contributed by atoms with E-state index >= 15 is 0 Å². The summed E-state index contributed by atoms with van der Waals surface area (Å²) < 4.78 is 0. The fourth-order valence-electron chi connectivity index (χ4n) is 2.18. The summed E-state index contributed by atoms with van der Waals surface area (Å²) in [5.74, 6) is 0.392. The van der Waals surface area contributed by atoms with Crippen molar-refractivity contribution in [1.82, 2.24) is 10.6 Å². The van der Waals surface area contributed by atoms with Crippen LogP contribution in [0.2, 0.25) is 0 Å². The second-order valence-electron chi connectivity index (χ2n) is 4.83. The number of carbonyl (C=O) groups excluding carboxylic acids is 2. The lowest BCUT2D eigenvalue weighted by Crippen LogP contribution is -2.43. The summed E-state index contributed by atoms with van der Waals surface area (Å²) >= 11 is 5.50. The van der Waals surface area contributed by atoms with Crippen LogP contribution in [0, 0.1) is 6.92 Å². The number of aryl methyl sites for hydroxylation is 1. The topological polar surface area (TPSA) is 61.4 Å². The van der Waals surface area contributed by atoms with Gasteiger partial charge in [-0.1, -0.05) is 17.7 Å². The van der Waals surface area contributed by atoms with Crippen LogP contribution < -0.4 is 15.5 Å². The number of urea groups is 1. The van der Waals surface area contributed by atoms with Gasteiger partial charge in [-0.2, -0.15) is 0 Å². The summed E-state index contributed by atoms with van der Waals surface area (Å²) in [6.45, 7) is 2.91. The third-order valence-corrected chi connectivity index (χ3v) is 3.37. The van der Waals surface area contributed by atoms with Crippen LogP contribution in [0.4, 0.5) is 10.5 Å². The van der Waals surface area contributed by atoms with Crippen molar-refractivity contribution in [1.29, 1.82) is 0 Å². The Balaban J connectivity index is 1.93. The number of hydrogen-bond acceptors (Lipinski definition) is 2. The van der Waals surface area contributed by atoms with Crippen LogP contribution in [0.5, 0.6) is 0 Å². The number of amides is 3. The standard InChI is InChI=1S/C14H18ClN3O2/c1-10-2-4-12(5-3-10)18-9-11(8-13(18)19)17-14(20)16-7-6-15/h2-5,11H,6-9H2,1H3,(H2,16,17,20). The summed E-state index contributed by atoms with van der Waals surface area (Å²) in [6, 6.07) is 7.33. The molecule has 6 heteroatoms. The fourth-order valence-corrected chi connectivity index (χ4v) is 2.27. The van der Waals surface area contributed by atoms with Crippen LogP contribution in [0.1, 0.15) is 12.0 Å². The average molecular weight is 296 g/mol. The van der Waals surface area contributed by atoms with E-state index in [1.165, 1.54) is 0 Å². The average Bonchev–Trinajstić information content (AvgIpc) is 2.78. The van der Waals surface area contributed by atoms with Gasteiger partial charge in [0.2, 0.25) is 5.91 Å². The van der Waals surface area contributed by atoms with Gasteiger partial charge in [-0.3, -0.25) is 4.79 Å². The molecule has 2 rings (SSSR count). The van der Waals surface area contributed by atoms with E-state index in [9.17, 15) is 9.59 Å². The summed E-state index contributed by atoms with van der Waals surface area (Å²) in [4.78, 5) is 25.2. The minimum Gasteiger partial charge on any atom is -0.337 e. The van der Waals surface area contributed by atoms with Crippen molar-refractivity contribution in [3.63, 3.8) is 0 Å². The Kier molecular flexibility index (Phi) is 4.84. The predicted molar refractivity (Wildman–Crippen MR) is 79.2 cm³/mol. The first-order valence-electron chi connectivity index (χ1n) is 6.57. The zero-order valence-electron chi connectivity index (χ0n) is 11.4. The smallest absolute Gasteiger partial charge is 0.315 e. The molecule has 0 bridgehead atoms. The number of benzene rings is 1. The molecule has 0 saturated carbocycles. The van der Waals surface area contributed by atoms with Gasteiger partial charge in [0.1, 0.15) is 0 Å². The van der Waals surface area contributed by atoms with E-state index in [0.29, 0.717) is 25.4 Å². The van der Waals surface area contributed by atoms with E-state index in [2.05, 4.69) is 10.6 Å². The van der Waals surface area contributed by atoms with Crippen molar-refractivity contribution >= 4 is 29.2 Å². The Labute approximate surface area is 123 Å². The zero-order chi connectivity index (χ0) is 14.5. The maximum absolute atomic E-state index is 12.0. The van der Waals surface area contributed by atoms with Gasteiger partial charge >= 0.3 is 6.03 Å². The quantitative estimate of drug-likeness (QED) is 0.830. The van der Waals surface area contributed by atoms with Gasteiger partial charge in [-0.25, -0.2) is 4.79 Å². The zero-order valence-corrected chi connectivity index (χ0v) is 12.1. The molecule has 2 N–H and O–H groups in total. The van der Waals surface area contributed by atoms with Crippen molar-refractivity contribution in [3.8, 4) is 0 Å². The molecule has 3 amide bonds. The van der Waals surface area contributed by atoms with Crippen molar-refractivity contribution < 1.29 is 9.59 Å². The maximum Gasteiger partial charge on any atom is 0.315 e. The van der Waals surface area contributed by atoms with E-state index in [4.69, 9.17) is 11.6 Å². The number of carbonyl (C=O) groups is 2. The lowest BCUT2D eigenvalue weighted by molar-refractivity contribution is -0.117. The molecule has 108 valence electrons. The molecule has 1 fully saturated rings. The van der Waals surface area contributed by atoms with Gasteiger partial charge < -0.3 is 15.5 Å². The minimum absolute atomic E-state index is 0.0245. The summed E-state index contributed by atoms with van der Waals surface area (Å²) in [6.07, 6.45) is 0.322. The third kappa shape index (κ3) is 3.63. The van der Waals surface area contributed by atoms with Gasteiger partial charge in [-0.15, -0.1) is 11.6 Å². The van der Waals surface area contributed by atoms with Gasteiger partial charge in [0.05, 0.1) is 6.04 Å². The molecule has 0 spiro atoms. The van der Waals surface area contributed by atoms with Crippen LogP contribution >= 0.6 is 11.6 Å². The molecule has 1 unspecified atom stereocenters. The second kappa shape index (κ2) is 6.61. The predicted octanol–water partition coefficient (Wildman–Crippen LogP) is 1.64. The highest BCUT2D eigenvalue weighted by Crippen LogP contribution is 2.21. The Morgan fingerprint density at radius 1 is 1.40 bits per heavy atom. The Morgan fingerprint density at radius 2 is 2.10 bits per heavy atom. The Bertz CT molecular complexity index is 490. The maximum atomic E-state index is 12.0. The molecular weight excluding hydrogens is 278 g/mol. The first-order chi connectivity index (χ1) is 9.60. The van der Waals surface area contributed by atoms with Crippen molar-refractivity contribution in [2.45, 2.75) is 19.4 Å². The van der Waals surface area contributed by atoms with Crippen LogP contribution in [0.3, 0.4) is 0 Å². The first-order valence-corrected chi connectivity index (χ1v) is 7.11.